The number of anilines is 1. The van der Waals surface area contributed by atoms with Gasteiger partial charge in [0.15, 0.2) is 0 Å². The number of nitrogens with zero attached hydrogens (tertiary/aromatic N) is 1. The van der Waals surface area contributed by atoms with E-state index in [0.717, 1.165) is 55.6 Å². The van der Waals surface area contributed by atoms with Crippen molar-refractivity contribution >= 4 is 17.6 Å². The van der Waals surface area contributed by atoms with E-state index < -0.39 is 0 Å². The summed E-state index contributed by atoms with van der Waals surface area (Å²) in [6, 6.07) is 18.0. The number of carbonyl (C=O) groups is 2. The highest BCUT2D eigenvalue weighted by molar-refractivity contribution is 5.89. The molecule has 1 fully saturated rings. The van der Waals surface area contributed by atoms with Crippen molar-refractivity contribution in [3.8, 4) is 11.1 Å². The lowest BCUT2D eigenvalue weighted by Gasteiger charge is -2.32. The summed E-state index contributed by atoms with van der Waals surface area (Å²) in [5, 5.41) is 11.5. The van der Waals surface area contributed by atoms with Crippen LogP contribution in [0.4, 0.5) is 10.5 Å². The van der Waals surface area contributed by atoms with E-state index in [-0.39, 0.29) is 11.9 Å². The van der Waals surface area contributed by atoms with Gasteiger partial charge in [-0.2, -0.15) is 0 Å². The third kappa shape index (κ3) is 5.57. The number of amides is 3. The highest BCUT2D eigenvalue weighted by atomic mass is 16.5. The summed E-state index contributed by atoms with van der Waals surface area (Å²) >= 11 is 0. The Morgan fingerprint density at radius 3 is 2.25 bits per heavy atom. The molecule has 2 aromatic rings. The highest BCUT2D eigenvalue weighted by Gasteiger charge is 2.22. The summed E-state index contributed by atoms with van der Waals surface area (Å²) in [6.45, 7) is 1.45. The highest BCUT2D eigenvalue weighted by Crippen LogP contribution is 2.24. The largest absolute Gasteiger partial charge is 0.325 e. The summed E-state index contributed by atoms with van der Waals surface area (Å²) in [7, 11) is 0. The van der Waals surface area contributed by atoms with Gasteiger partial charge in [-0.05, 0) is 54.9 Å². The number of likely N-dealkylation sites (tertiary alicyclic amines) is 1. The second kappa shape index (κ2) is 9.90. The van der Waals surface area contributed by atoms with Crippen LogP contribution in [0.25, 0.3) is 11.1 Å². The summed E-state index contributed by atoms with van der Waals surface area (Å²) in [5.74, 6) is 0.191. The van der Waals surface area contributed by atoms with Crippen molar-refractivity contribution in [2.75, 3.05) is 18.4 Å². The SMILES string of the molecule is O=C(CCCC1CCN(C(=O)Nc2ccc(-c3ccccc3)cc2)CC1)NO. The Labute approximate surface area is 165 Å². The number of hydroxylamine groups is 1. The molecule has 0 bridgehead atoms. The predicted molar refractivity (Wildman–Crippen MR) is 109 cm³/mol. The van der Waals surface area contributed by atoms with Gasteiger partial charge < -0.3 is 10.2 Å². The zero-order chi connectivity index (χ0) is 19.8. The Morgan fingerprint density at radius 1 is 0.964 bits per heavy atom. The van der Waals surface area contributed by atoms with E-state index in [9.17, 15) is 9.59 Å². The van der Waals surface area contributed by atoms with Gasteiger partial charge in [-0.1, -0.05) is 42.5 Å². The van der Waals surface area contributed by atoms with Gasteiger partial charge in [0, 0.05) is 25.2 Å². The molecule has 28 heavy (non-hydrogen) atoms. The summed E-state index contributed by atoms with van der Waals surface area (Å²) in [5.41, 5.74) is 4.73. The molecule has 0 unspecified atom stereocenters. The number of urea groups is 1. The molecule has 3 rings (SSSR count). The molecule has 0 aliphatic carbocycles. The summed E-state index contributed by atoms with van der Waals surface area (Å²) < 4.78 is 0. The first kappa shape index (κ1) is 19.9. The van der Waals surface area contributed by atoms with Crippen molar-refractivity contribution in [3.05, 3.63) is 54.6 Å². The van der Waals surface area contributed by atoms with Crippen LogP contribution >= 0.6 is 0 Å². The summed E-state index contributed by atoms with van der Waals surface area (Å²) in [4.78, 5) is 25.4. The van der Waals surface area contributed by atoms with Crippen LogP contribution in [0.2, 0.25) is 0 Å². The maximum atomic E-state index is 12.5. The van der Waals surface area contributed by atoms with E-state index in [1.54, 1.807) is 5.48 Å². The minimum atomic E-state index is -0.338. The van der Waals surface area contributed by atoms with Crippen LogP contribution in [-0.2, 0) is 4.79 Å². The number of benzene rings is 2. The Balaban J connectivity index is 1.44. The zero-order valence-electron chi connectivity index (χ0n) is 15.9. The van der Waals surface area contributed by atoms with Gasteiger partial charge in [-0.25, -0.2) is 10.3 Å². The number of piperidine rings is 1. The van der Waals surface area contributed by atoms with E-state index in [1.165, 1.54) is 0 Å². The first-order valence-electron chi connectivity index (χ1n) is 9.80. The smallest absolute Gasteiger partial charge is 0.321 e. The number of carbonyl (C=O) groups excluding carboxylic acids is 2. The molecule has 3 N–H and O–H groups in total. The second-order valence-corrected chi connectivity index (χ2v) is 7.23. The molecule has 3 amide bonds. The van der Waals surface area contributed by atoms with E-state index in [1.807, 2.05) is 47.4 Å². The molecule has 1 saturated heterocycles. The number of hydrogen-bond acceptors (Lipinski definition) is 3. The van der Waals surface area contributed by atoms with Crippen LogP contribution in [0.15, 0.2) is 54.6 Å². The van der Waals surface area contributed by atoms with Crippen LogP contribution in [0.1, 0.15) is 32.1 Å². The van der Waals surface area contributed by atoms with E-state index in [2.05, 4.69) is 17.4 Å². The lowest BCUT2D eigenvalue weighted by molar-refractivity contribution is -0.129. The van der Waals surface area contributed by atoms with Crippen molar-refractivity contribution in [2.45, 2.75) is 32.1 Å². The van der Waals surface area contributed by atoms with E-state index in [4.69, 9.17) is 5.21 Å². The molecular formula is C22H27N3O3. The number of rotatable bonds is 6. The minimum absolute atomic E-state index is 0.0643. The van der Waals surface area contributed by atoms with Gasteiger partial charge >= 0.3 is 6.03 Å². The molecule has 2 aromatic carbocycles. The molecule has 6 heteroatoms. The lowest BCUT2D eigenvalue weighted by Crippen LogP contribution is -2.41. The molecule has 1 aliphatic heterocycles. The molecule has 0 radical (unpaired) electrons. The standard InChI is InChI=1S/C22H27N3O3/c26-21(24-28)8-4-5-17-13-15-25(16-14-17)22(27)23-20-11-9-19(10-12-20)18-6-2-1-3-7-18/h1-3,6-7,9-12,17,28H,4-5,8,13-16H2,(H,23,27)(H,24,26). The second-order valence-electron chi connectivity index (χ2n) is 7.23. The van der Waals surface area contributed by atoms with Crippen LogP contribution < -0.4 is 10.8 Å². The maximum Gasteiger partial charge on any atom is 0.321 e. The third-order valence-corrected chi connectivity index (χ3v) is 5.29. The Hall–Kier alpha value is -2.86. The fourth-order valence-corrected chi connectivity index (χ4v) is 3.61. The fraction of sp³-hybridized carbons (Fsp3) is 0.364. The summed E-state index contributed by atoms with van der Waals surface area (Å²) in [6.07, 6.45) is 3.94. The molecule has 1 heterocycles. The average Bonchev–Trinajstić information content (AvgIpc) is 2.75. The normalized spacial score (nSPS) is 14.5. The predicted octanol–water partition coefficient (Wildman–Crippen LogP) is 4.27. The monoisotopic (exact) mass is 381 g/mol. The van der Waals surface area contributed by atoms with Crippen LogP contribution in [0.5, 0.6) is 0 Å². The number of nitrogens with one attached hydrogen (secondary N) is 2. The van der Waals surface area contributed by atoms with Gasteiger partial charge in [-0.3, -0.25) is 10.0 Å². The molecule has 1 aliphatic rings. The van der Waals surface area contributed by atoms with Crippen molar-refractivity contribution in [3.63, 3.8) is 0 Å². The van der Waals surface area contributed by atoms with Gasteiger partial charge in [0.2, 0.25) is 5.91 Å². The fourth-order valence-electron chi connectivity index (χ4n) is 3.61. The molecule has 148 valence electrons. The minimum Gasteiger partial charge on any atom is -0.325 e. The van der Waals surface area contributed by atoms with Gasteiger partial charge in [0.1, 0.15) is 0 Å². The third-order valence-electron chi connectivity index (χ3n) is 5.29. The first-order chi connectivity index (χ1) is 13.7. The molecular weight excluding hydrogens is 354 g/mol. The first-order valence-corrected chi connectivity index (χ1v) is 9.80. The van der Waals surface area contributed by atoms with Gasteiger partial charge in [-0.15, -0.1) is 0 Å². The molecule has 0 spiro atoms. The Morgan fingerprint density at radius 2 is 1.61 bits per heavy atom. The van der Waals surface area contributed by atoms with E-state index in [0.29, 0.717) is 12.3 Å². The molecule has 0 saturated carbocycles. The van der Waals surface area contributed by atoms with Crippen molar-refractivity contribution in [2.24, 2.45) is 5.92 Å². The van der Waals surface area contributed by atoms with E-state index >= 15 is 0 Å². The lowest BCUT2D eigenvalue weighted by atomic mass is 9.91. The Kier molecular flexibility index (Phi) is 7.03. The quantitative estimate of drug-likeness (QED) is 0.516. The van der Waals surface area contributed by atoms with Crippen LogP contribution in [0, 0.1) is 5.92 Å². The van der Waals surface area contributed by atoms with Crippen LogP contribution in [-0.4, -0.2) is 35.1 Å². The molecule has 6 nitrogen and oxygen atoms in total. The average molecular weight is 381 g/mol. The van der Waals surface area contributed by atoms with Crippen molar-refractivity contribution in [1.29, 1.82) is 0 Å². The Bertz CT molecular complexity index is 769. The van der Waals surface area contributed by atoms with Crippen LogP contribution in [0.3, 0.4) is 0 Å². The molecule has 0 aromatic heterocycles. The van der Waals surface area contributed by atoms with Crippen molar-refractivity contribution in [1.82, 2.24) is 10.4 Å². The maximum absolute atomic E-state index is 12.5. The van der Waals surface area contributed by atoms with Gasteiger partial charge in [0.05, 0.1) is 0 Å². The zero-order valence-corrected chi connectivity index (χ0v) is 15.9. The van der Waals surface area contributed by atoms with Crippen molar-refractivity contribution < 1.29 is 14.8 Å². The molecule has 0 atom stereocenters. The topological polar surface area (TPSA) is 81.7 Å². The van der Waals surface area contributed by atoms with Gasteiger partial charge in [0.25, 0.3) is 0 Å². The number of hydrogen-bond donors (Lipinski definition) is 3.